The molecule has 0 amide bonds. The first kappa shape index (κ1) is 27.6. The minimum Gasteiger partial charge on any atom is -0.304 e. The van der Waals surface area contributed by atoms with Gasteiger partial charge in [-0.1, -0.05) is 38.8 Å². The Morgan fingerprint density at radius 2 is 1.62 bits per heavy atom. The Hall–Kier alpha value is -1.53. The summed E-state index contributed by atoms with van der Waals surface area (Å²) in [7, 11) is -3.83. The van der Waals surface area contributed by atoms with Gasteiger partial charge in [0.15, 0.2) is 0 Å². The number of para-hydroxylation sites is 2. The first-order valence-corrected chi connectivity index (χ1v) is 17.1. The van der Waals surface area contributed by atoms with Crippen molar-refractivity contribution in [3.63, 3.8) is 0 Å². The smallest absolute Gasteiger partial charge is 0.304 e. The lowest BCUT2D eigenvalue weighted by Crippen LogP contribution is -2.61. The van der Waals surface area contributed by atoms with E-state index in [9.17, 15) is 9.36 Å². The molecule has 2 saturated carbocycles. The number of hydrogen-bond acceptors (Lipinski definition) is 6. The number of aromatic nitrogens is 2. The first-order valence-electron chi connectivity index (χ1n) is 15.5. The summed E-state index contributed by atoms with van der Waals surface area (Å²) in [5.74, 6) is 3.21. The van der Waals surface area contributed by atoms with E-state index in [4.69, 9.17) is 9.05 Å². The molecule has 1 aromatic carbocycles. The third-order valence-electron chi connectivity index (χ3n) is 10.5. The van der Waals surface area contributed by atoms with E-state index in [0.29, 0.717) is 29.6 Å². The lowest BCUT2D eigenvalue weighted by atomic mass is 9.64. The second kappa shape index (κ2) is 11.0. The molecular weight excluding hydrogens is 509 g/mol. The minimum absolute atomic E-state index is 0.0388. The van der Waals surface area contributed by atoms with E-state index in [2.05, 4.69) is 23.7 Å². The molecule has 1 aromatic heterocycles. The molecule has 4 fully saturated rings. The summed E-state index contributed by atoms with van der Waals surface area (Å²) < 4.78 is 26.9. The maximum Gasteiger partial charge on any atom is 0.385 e. The van der Waals surface area contributed by atoms with Crippen LogP contribution >= 0.6 is 7.60 Å². The van der Waals surface area contributed by atoms with E-state index in [1.54, 1.807) is 13.8 Å². The Kier molecular flexibility index (Phi) is 7.82. The van der Waals surface area contributed by atoms with Crippen LogP contribution in [-0.2, 0) is 13.6 Å². The van der Waals surface area contributed by atoms with Gasteiger partial charge >= 0.3 is 7.60 Å². The predicted molar refractivity (Wildman–Crippen MR) is 156 cm³/mol. The molecule has 0 radical (unpaired) electrons. The van der Waals surface area contributed by atoms with Crippen LogP contribution < -0.4 is 11.0 Å². The molecule has 39 heavy (non-hydrogen) atoms. The zero-order valence-corrected chi connectivity index (χ0v) is 25.0. The van der Waals surface area contributed by atoms with Crippen LogP contribution in [0.4, 0.5) is 0 Å². The van der Waals surface area contributed by atoms with Gasteiger partial charge in [0.25, 0.3) is 5.56 Å². The molecule has 0 N–H and O–H groups in total. The van der Waals surface area contributed by atoms with Crippen LogP contribution in [0.25, 0.3) is 11.0 Å². The monoisotopic (exact) mass is 555 g/mol. The average molecular weight is 556 g/mol. The zero-order chi connectivity index (χ0) is 27.3. The molecular formula is C31H46N3O4P. The van der Waals surface area contributed by atoms with Crippen LogP contribution in [-0.4, -0.2) is 45.8 Å². The molecule has 4 aliphatic rings. The summed E-state index contributed by atoms with van der Waals surface area (Å²) in [6.45, 7) is 8.80. The largest absolute Gasteiger partial charge is 0.385 e. The van der Waals surface area contributed by atoms with Gasteiger partial charge in [-0.25, -0.2) is 4.98 Å². The SMILES string of the molecule is CCOP(=O)(OCC)c1nc2ccccc2n([C@@H]2CC3C(C)CC[C@H](C2)N3[C@H]2CC3C[C@H](CCC3C)C2)c1=O. The topological polar surface area (TPSA) is 73.7 Å². The molecule has 3 heterocycles. The summed E-state index contributed by atoms with van der Waals surface area (Å²) in [5.41, 5.74) is 1.10. The van der Waals surface area contributed by atoms with Crippen molar-refractivity contribution in [1.82, 2.24) is 14.5 Å². The summed E-state index contributed by atoms with van der Waals surface area (Å²) >= 11 is 0. The van der Waals surface area contributed by atoms with Crippen molar-refractivity contribution in [2.45, 2.75) is 110 Å². The Labute approximate surface area is 233 Å². The Morgan fingerprint density at radius 3 is 2.38 bits per heavy atom. The first-order chi connectivity index (χ1) is 18.8. The minimum atomic E-state index is -3.83. The average Bonchev–Trinajstić information content (AvgIpc) is 2.92. The van der Waals surface area contributed by atoms with Gasteiger partial charge in [0.1, 0.15) is 0 Å². The van der Waals surface area contributed by atoms with Crippen molar-refractivity contribution in [2.24, 2.45) is 23.7 Å². The fourth-order valence-electron chi connectivity index (χ4n) is 8.73. The second-order valence-electron chi connectivity index (χ2n) is 12.8. The van der Waals surface area contributed by atoms with Crippen LogP contribution in [0.1, 0.15) is 91.5 Å². The van der Waals surface area contributed by atoms with Crippen molar-refractivity contribution < 1.29 is 13.6 Å². The quantitative estimate of drug-likeness (QED) is 0.373. The number of fused-ring (bicyclic) bond motifs is 5. The van der Waals surface area contributed by atoms with Crippen molar-refractivity contribution >= 4 is 24.1 Å². The van der Waals surface area contributed by atoms with Crippen LogP contribution in [0.2, 0.25) is 0 Å². The molecule has 6 rings (SSSR count). The van der Waals surface area contributed by atoms with Gasteiger partial charge in [0, 0.05) is 24.2 Å². The van der Waals surface area contributed by atoms with E-state index in [1.165, 1.54) is 44.9 Å². The lowest BCUT2D eigenvalue weighted by molar-refractivity contribution is -0.0743. The number of nitrogens with zero attached hydrogens (tertiary/aromatic N) is 3. The summed E-state index contributed by atoms with van der Waals surface area (Å²) in [6, 6.07) is 9.43. The highest BCUT2D eigenvalue weighted by atomic mass is 31.2. The van der Waals surface area contributed by atoms with Crippen LogP contribution in [0.3, 0.4) is 0 Å². The van der Waals surface area contributed by atoms with Crippen LogP contribution in [0, 0.1) is 23.7 Å². The molecule has 7 nitrogen and oxygen atoms in total. The number of rotatable bonds is 7. The summed E-state index contributed by atoms with van der Waals surface area (Å²) in [4.78, 5) is 21.7. The number of benzene rings is 1. The Bertz CT molecular complexity index is 1290. The molecule has 2 aromatic rings. The highest BCUT2D eigenvalue weighted by Gasteiger charge is 2.48. The van der Waals surface area contributed by atoms with Gasteiger partial charge < -0.3 is 13.6 Å². The van der Waals surface area contributed by atoms with Gasteiger partial charge in [-0.15, -0.1) is 0 Å². The zero-order valence-electron chi connectivity index (χ0n) is 24.1. The molecule has 8 atom stereocenters. The second-order valence-corrected chi connectivity index (χ2v) is 14.8. The third-order valence-corrected chi connectivity index (χ3v) is 12.6. The maximum absolute atomic E-state index is 14.2. The van der Waals surface area contributed by atoms with Gasteiger partial charge in [-0.2, -0.15) is 0 Å². The normalized spacial score (nSPS) is 35.3. The van der Waals surface area contributed by atoms with E-state index in [0.717, 1.165) is 36.1 Å². The van der Waals surface area contributed by atoms with Crippen molar-refractivity contribution in [3.05, 3.63) is 34.6 Å². The molecule has 4 unspecified atom stereocenters. The molecule has 214 valence electrons. The molecule has 4 bridgehead atoms. The van der Waals surface area contributed by atoms with Gasteiger partial charge in [-0.3, -0.25) is 14.3 Å². The van der Waals surface area contributed by atoms with E-state index in [-0.39, 0.29) is 30.2 Å². The van der Waals surface area contributed by atoms with Gasteiger partial charge in [0.05, 0.1) is 24.2 Å². The van der Waals surface area contributed by atoms with Crippen LogP contribution in [0.15, 0.2) is 29.1 Å². The number of hydrogen-bond donors (Lipinski definition) is 0. The predicted octanol–water partition coefficient (Wildman–Crippen LogP) is 6.31. The van der Waals surface area contributed by atoms with Gasteiger partial charge in [-0.05, 0) is 94.6 Å². The molecule has 2 saturated heterocycles. The molecule has 2 aliphatic heterocycles. The molecule has 0 spiro atoms. The highest BCUT2D eigenvalue weighted by Crippen LogP contribution is 2.50. The third kappa shape index (κ3) is 4.96. The van der Waals surface area contributed by atoms with Crippen molar-refractivity contribution in [2.75, 3.05) is 13.2 Å². The van der Waals surface area contributed by atoms with E-state index >= 15 is 0 Å². The summed E-state index contributed by atoms with van der Waals surface area (Å²) in [5, 5.41) is 0. The molecule has 8 heteroatoms. The lowest BCUT2D eigenvalue weighted by Gasteiger charge is -2.57. The maximum atomic E-state index is 14.2. The standard InChI is InChI=1S/C31H46N3O4P/c1-5-37-39(36,38-6-2)30-31(35)34(28-10-8-7-9-27(28)32-30)26-18-24-14-12-21(4)29(19-26)33(24)25-16-22-13-11-20(3)23(15-22)17-25/h7-10,20-26,29H,5-6,11-19H2,1-4H3/t20?,21?,22-,23?,24+,25+,26-,29?/m0/s1. The van der Waals surface area contributed by atoms with Crippen molar-refractivity contribution in [3.8, 4) is 0 Å². The van der Waals surface area contributed by atoms with E-state index in [1.807, 2.05) is 28.8 Å². The Morgan fingerprint density at radius 1 is 0.872 bits per heavy atom. The fourth-order valence-corrected chi connectivity index (χ4v) is 10.3. The summed E-state index contributed by atoms with van der Waals surface area (Å²) in [6.07, 6.45) is 11.3. The van der Waals surface area contributed by atoms with Gasteiger partial charge in [0.2, 0.25) is 5.44 Å². The van der Waals surface area contributed by atoms with E-state index < -0.39 is 7.60 Å². The highest BCUT2D eigenvalue weighted by molar-refractivity contribution is 7.61. The molecule has 2 aliphatic carbocycles. The fraction of sp³-hybridized carbons (Fsp3) is 0.742. The van der Waals surface area contributed by atoms with Crippen molar-refractivity contribution in [1.29, 1.82) is 0 Å². The Balaban J connectivity index is 1.38. The number of piperidine rings is 2. The van der Waals surface area contributed by atoms with Crippen LogP contribution in [0.5, 0.6) is 0 Å².